The van der Waals surface area contributed by atoms with E-state index in [0.717, 1.165) is 12.8 Å². The van der Waals surface area contributed by atoms with E-state index >= 15 is 0 Å². The Hall–Kier alpha value is -3.22. The van der Waals surface area contributed by atoms with Crippen molar-refractivity contribution < 1.29 is 18.4 Å². The molecule has 2 heterocycles. The highest BCUT2D eigenvalue weighted by molar-refractivity contribution is 5.78. The van der Waals surface area contributed by atoms with Crippen molar-refractivity contribution >= 4 is 5.91 Å². The van der Waals surface area contributed by atoms with Gasteiger partial charge in [-0.2, -0.15) is 4.98 Å². The zero-order chi connectivity index (χ0) is 18.6. The Morgan fingerprint density at radius 1 is 1.19 bits per heavy atom. The lowest BCUT2D eigenvalue weighted by Gasteiger charge is -2.21. The number of aromatic nitrogens is 2. The van der Waals surface area contributed by atoms with Gasteiger partial charge in [0.1, 0.15) is 17.6 Å². The number of carbonyl (C=O) groups excluding carboxylic acids is 1. The van der Waals surface area contributed by atoms with Crippen LogP contribution >= 0.6 is 0 Å². The van der Waals surface area contributed by atoms with Crippen LogP contribution in [0.5, 0.6) is 5.75 Å². The number of nitrogens with zero attached hydrogens (tertiary/aromatic N) is 3. The van der Waals surface area contributed by atoms with Crippen LogP contribution in [0.15, 0.2) is 59.1 Å². The number of carbonyl (C=O) groups is 1. The minimum absolute atomic E-state index is 0.0422. The first-order valence-corrected chi connectivity index (χ1v) is 8.77. The monoisotopic (exact) mass is 367 g/mol. The SMILES string of the molecule is O=C(COc1ccccc1)N1CCC[C@H]1c1nc(-c2ccc(F)cc2)no1. The normalized spacial score (nSPS) is 16.5. The third kappa shape index (κ3) is 3.81. The van der Waals surface area contributed by atoms with Gasteiger partial charge in [-0.3, -0.25) is 4.79 Å². The van der Waals surface area contributed by atoms with Crippen LogP contribution in [-0.2, 0) is 4.79 Å². The second-order valence-corrected chi connectivity index (χ2v) is 6.31. The molecule has 6 nitrogen and oxygen atoms in total. The molecule has 27 heavy (non-hydrogen) atoms. The number of halogens is 1. The summed E-state index contributed by atoms with van der Waals surface area (Å²) >= 11 is 0. The minimum atomic E-state index is -0.326. The first-order chi connectivity index (χ1) is 13.2. The van der Waals surface area contributed by atoms with E-state index in [-0.39, 0.29) is 24.4 Å². The van der Waals surface area contributed by atoms with Gasteiger partial charge < -0.3 is 14.2 Å². The number of likely N-dealkylation sites (tertiary alicyclic amines) is 1. The number of benzene rings is 2. The van der Waals surface area contributed by atoms with Gasteiger partial charge in [0.25, 0.3) is 5.91 Å². The summed E-state index contributed by atoms with van der Waals surface area (Å²) in [6.07, 6.45) is 1.61. The molecule has 1 atom stereocenters. The van der Waals surface area contributed by atoms with E-state index in [1.165, 1.54) is 12.1 Å². The topological polar surface area (TPSA) is 68.5 Å². The summed E-state index contributed by atoms with van der Waals surface area (Å²) in [5, 5.41) is 3.97. The van der Waals surface area contributed by atoms with Crippen LogP contribution in [0.1, 0.15) is 24.8 Å². The van der Waals surface area contributed by atoms with Crippen molar-refractivity contribution in [2.75, 3.05) is 13.2 Å². The van der Waals surface area contributed by atoms with Gasteiger partial charge in [-0.15, -0.1) is 0 Å². The quantitative estimate of drug-likeness (QED) is 0.689. The first-order valence-electron chi connectivity index (χ1n) is 8.77. The molecule has 0 bridgehead atoms. The predicted molar refractivity (Wildman–Crippen MR) is 95.3 cm³/mol. The van der Waals surface area contributed by atoms with Gasteiger partial charge in [0, 0.05) is 12.1 Å². The summed E-state index contributed by atoms with van der Waals surface area (Å²) < 4.78 is 24.0. The van der Waals surface area contributed by atoms with Crippen molar-refractivity contribution in [2.24, 2.45) is 0 Å². The van der Waals surface area contributed by atoms with E-state index in [1.54, 1.807) is 17.0 Å². The molecule has 4 rings (SSSR count). The smallest absolute Gasteiger partial charge is 0.261 e. The van der Waals surface area contributed by atoms with Gasteiger partial charge in [-0.25, -0.2) is 4.39 Å². The molecule has 0 N–H and O–H groups in total. The zero-order valence-corrected chi connectivity index (χ0v) is 14.5. The number of amides is 1. The summed E-state index contributed by atoms with van der Waals surface area (Å²) in [6, 6.07) is 14.8. The summed E-state index contributed by atoms with van der Waals surface area (Å²) in [5.74, 6) is 0.971. The lowest BCUT2D eigenvalue weighted by atomic mass is 10.2. The van der Waals surface area contributed by atoms with Crippen LogP contribution in [-0.4, -0.2) is 34.1 Å². The maximum atomic E-state index is 13.1. The van der Waals surface area contributed by atoms with Gasteiger partial charge >= 0.3 is 0 Å². The highest BCUT2D eigenvalue weighted by atomic mass is 19.1. The molecule has 1 aromatic heterocycles. The molecule has 2 aromatic carbocycles. The van der Waals surface area contributed by atoms with E-state index in [1.807, 2.05) is 30.3 Å². The fourth-order valence-corrected chi connectivity index (χ4v) is 3.15. The maximum absolute atomic E-state index is 13.1. The Morgan fingerprint density at radius 2 is 1.96 bits per heavy atom. The lowest BCUT2D eigenvalue weighted by molar-refractivity contribution is -0.134. The van der Waals surface area contributed by atoms with E-state index in [2.05, 4.69) is 10.1 Å². The highest BCUT2D eigenvalue weighted by Crippen LogP contribution is 2.32. The molecular formula is C20H18FN3O3. The van der Waals surface area contributed by atoms with Crippen LogP contribution in [0.2, 0.25) is 0 Å². The summed E-state index contributed by atoms with van der Waals surface area (Å²) in [6.45, 7) is 0.579. The van der Waals surface area contributed by atoms with Gasteiger partial charge in [-0.1, -0.05) is 23.4 Å². The fraction of sp³-hybridized carbons (Fsp3) is 0.250. The third-order valence-electron chi connectivity index (χ3n) is 4.51. The average Bonchev–Trinajstić information content (AvgIpc) is 3.37. The Morgan fingerprint density at radius 3 is 2.74 bits per heavy atom. The van der Waals surface area contributed by atoms with Crippen molar-refractivity contribution in [2.45, 2.75) is 18.9 Å². The van der Waals surface area contributed by atoms with Crippen LogP contribution in [0.3, 0.4) is 0 Å². The van der Waals surface area contributed by atoms with E-state index < -0.39 is 0 Å². The molecule has 1 aliphatic heterocycles. The molecule has 0 saturated carbocycles. The zero-order valence-electron chi connectivity index (χ0n) is 14.5. The number of ether oxygens (including phenoxy) is 1. The first kappa shape index (κ1) is 17.2. The molecule has 0 aliphatic carbocycles. The molecule has 1 fully saturated rings. The summed E-state index contributed by atoms with van der Waals surface area (Å²) in [5.41, 5.74) is 0.662. The Kier molecular flexibility index (Phi) is 4.82. The standard InChI is InChI=1S/C20H18FN3O3/c21-15-10-8-14(9-11-15)19-22-20(27-23-19)17-7-4-12-24(17)18(25)13-26-16-5-2-1-3-6-16/h1-3,5-6,8-11,17H,4,7,12-13H2/t17-/m0/s1. The second kappa shape index (κ2) is 7.57. The van der Waals surface area contributed by atoms with E-state index in [0.29, 0.717) is 29.6 Å². The van der Waals surface area contributed by atoms with Gasteiger partial charge in [0.05, 0.1) is 0 Å². The number of para-hydroxylation sites is 1. The van der Waals surface area contributed by atoms with Gasteiger partial charge in [0.2, 0.25) is 11.7 Å². The van der Waals surface area contributed by atoms with E-state index in [4.69, 9.17) is 9.26 Å². The van der Waals surface area contributed by atoms with Crippen LogP contribution in [0, 0.1) is 5.82 Å². The lowest BCUT2D eigenvalue weighted by Crippen LogP contribution is -2.34. The fourth-order valence-electron chi connectivity index (χ4n) is 3.15. The number of hydrogen-bond donors (Lipinski definition) is 0. The van der Waals surface area contributed by atoms with Gasteiger partial charge in [0.15, 0.2) is 6.61 Å². The molecule has 0 spiro atoms. The van der Waals surface area contributed by atoms with Crippen LogP contribution in [0.4, 0.5) is 4.39 Å². The number of hydrogen-bond acceptors (Lipinski definition) is 5. The third-order valence-corrected chi connectivity index (χ3v) is 4.51. The van der Waals surface area contributed by atoms with Crippen LogP contribution < -0.4 is 4.74 Å². The number of rotatable bonds is 5. The molecule has 1 aliphatic rings. The molecule has 138 valence electrons. The van der Waals surface area contributed by atoms with Crippen molar-refractivity contribution in [3.05, 3.63) is 66.3 Å². The Labute approximate surface area is 155 Å². The predicted octanol–water partition coefficient (Wildman–Crippen LogP) is 3.62. The van der Waals surface area contributed by atoms with Crippen LogP contribution in [0.25, 0.3) is 11.4 Å². The molecular weight excluding hydrogens is 349 g/mol. The molecule has 1 saturated heterocycles. The molecule has 7 heteroatoms. The molecule has 3 aromatic rings. The largest absolute Gasteiger partial charge is 0.484 e. The molecule has 1 amide bonds. The Balaban J connectivity index is 1.45. The van der Waals surface area contributed by atoms with Crippen molar-refractivity contribution in [3.8, 4) is 17.1 Å². The summed E-state index contributed by atoms with van der Waals surface area (Å²) in [7, 11) is 0. The second-order valence-electron chi connectivity index (χ2n) is 6.31. The highest BCUT2D eigenvalue weighted by Gasteiger charge is 2.34. The molecule has 0 unspecified atom stereocenters. The van der Waals surface area contributed by atoms with Crippen molar-refractivity contribution in [1.82, 2.24) is 15.0 Å². The Bertz CT molecular complexity index is 912. The van der Waals surface area contributed by atoms with Crippen molar-refractivity contribution in [3.63, 3.8) is 0 Å². The minimum Gasteiger partial charge on any atom is -0.484 e. The van der Waals surface area contributed by atoms with Crippen molar-refractivity contribution in [1.29, 1.82) is 0 Å². The van der Waals surface area contributed by atoms with Gasteiger partial charge in [-0.05, 0) is 49.2 Å². The van der Waals surface area contributed by atoms with E-state index in [9.17, 15) is 9.18 Å². The average molecular weight is 367 g/mol. The summed E-state index contributed by atoms with van der Waals surface area (Å²) in [4.78, 5) is 18.7. The maximum Gasteiger partial charge on any atom is 0.261 e. The molecule has 0 radical (unpaired) electrons.